The lowest BCUT2D eigenvalue weighted by Gasteiger charge is -2.11. The van der Waals surface area contributed by atoms with Crippen LogP contribution < -0.4 is 5.32 Å². The Bertz CT molecular complexity index is 126. The summed E-state index contributed by atoms with van der Waals surface area (Å²) in [4.78, 5) is 0. The van der Waals surface area contributed by atoms with Crippen LogP contribution >= 0.6 is 0 Å². The van der Waals surface area contributed by atoms with Crippen molar-refractivity contribution in [3.63, 3.8) is 0 Å². The Labute approximate surface area is 70.6 Å². The summed E-state index contributed by atoms with van der Waals surface area (Å²) in [7, 11) is 2.03. The molecule has 0 fully saturated rings. The zero-order valence-electron chi connectivity index (χ0n) is 7.91. The van der Waals surface area contributed by atoms with Crippen molar-refractivity contribution in [3.05, 3.63) is 0 Å². The molecule has 0 aliphatic heterocycles. The van der Waals surface area contributed by atoms with Gasteiger partial charge in [0.25, 0.3) is 0 Å². The van der Waals surface area contributed by atoms with Crippen LogP contribution in [0.1, 0.15) is 39.5 Å². The summed E-state index contributed by atoms with van der Waals surface area (Å²) in [6.45, 7) is 4.11. The van der Waals surface area contributed by atoms with Crippen LogP contribution in [0.4, 0.5) is 0 Å². The van der Waals surface area contributed by atoms with Crippen LogP contribution in [0, 0.1) is 11.8 Å². The van der Waals surface area contributed by atoms with Crippen LogP contribution in [0.2, 0.25) is 0 Å². The minimum absolute atomic E-state index is 0.689. The molecule has 1 heteroatoms. The van der Waals surface area contributed by atoms with Gasteiger partial charge >= 0.3 is 0 Å². The molecule has 1 unspecified atom stereocenters. The zero-order valence-corrected chi connectivity index (χ0v) is 7.91. The summed E-state index contributed by atoms with van der Waals surface area (Å²) in [5, 5.41) is 3.28. The molecule has 0 aromatic rings. The highest BCUT2D eigenvalue weighted by Crippen LogP contribution is 2.02. The summed E-state index contributed by atoms with van der Waals surface area (Å²) in [6, 6.07) is 0.689. The Morgan fingerprint density at radius 1 is 1.45 bits per heavy atom. The normalized spacial score (nSPS) is 11.9. The highest BCUT2D eigenvalue weighted by atomic mass is 14.9. The van der Waals surface area contributed by atoms with Crippen LogP contribution in [0.5, 0.6) is 0 Å². The first-order valence-corrected chi connectivity index (χ1v) is 4.42. The third kappa shape index (κ3) is 5.94. The molecule has 64 valence electrons. The molecule has 1 N–H and O–H groups in total. The second-order valence-electron chi connectivity index (χ2n) is 2.71. The lowest BCUT2D eigenvalue weighted by Crippen LogP contribution is -2.23. The summed E-state index contributed by atoms with van der Waals surface area (Å²) >= 11 is 0. The molecule has 1 nitrogen and oxygen atoms in total. The average Bonchev–Trinajstić information content (AvgIpc) is 2.05. The Morgan fingerprint density at radius 2 is 2.18 bits per heavy atom. The van der Waals surface area contributed by atoms with E-state index in [0.717, 1.165) is 6.42 Å². The topological polar surface area (TPSA) is 12.0 Å². The Kier molecular flexibility index (Phi) is 7.29. The molecule has 0 bridgehead atoms. The van der Waals surface area contributed by atoms with Crippen LogP contribution in [0.25, 0.3) is 0 Å². The molecule has 0 heterocycles. The molecule has 0 radical (unpaired) electrons. The lowest BCUT2D eigenvalue weighted by molar-refractivity contribution is 0.495. The first kappa shape index (κ1) is 10.5. The van der Waals surface area contributed by atoms with Crippen molar-refractivity contribution in [2.45, 2.75) is 45.6 Å². The van der Waals surface area contributed by atoms with Gasteiger partial charge < -0.3 is 5.32 Å². The molecule has 0 rings (SSSR count). The maximum atomic E-state index is 3.28. The third-order valence-corrected chi connectivity index (χ3v) is 1.93. The number of rotatable bonds is 5. The minimum atomic E-state index is 0.689. The van der Waals surface area contributed by atoms with Crippen LogP contribution in [0.15, 0.2) is 0 Å². The quantitative estimate of drug-likeness (QED) is 0.471. The fraction of sp³-hybridized carbons (Fsp3) is 0.800. The molecule has 0 aliphatic rings. The molecule has 0 aromatic heterocycles. The molecular weight excluding hydrogens is 134 g/mol. The van der Waals surface area contributed by atoms with E-state index in [9.17, 15) is 0 Å². The van der Waals surface area contributed by atoms with E-state index in [4.69, 9.17) is 0 Å². The lowest BCUT2D eigenvalue weighted by atomic mass is 10.1. The molecule has 0 aliphatic carbocycles. The number of unbranched alkanes of at least 4 members (excludes halogenated alkanes) is 1. The fourth-order valence-electron chi connectivity index (χ4n) is 1.11. The van der Waals surface area contributed by atoms with E-state index in [-0.39, 0.29) is 0 Å². The van der Waals surface area contributed by atoms with Gasteiger partial charge in [0.15, 0.2) is 0 Å². The van der Waals surface area contributed by atoms with Crippen molar-refractivity contribution in [1.29, 1.82) is 0 Å². The van der Waals surface area contributed by atoms with E-state index < -0.39 is 0 Å². The van der Waals surface area contributed by atoms with Crippen molar-refractivity contribution in [3.8, 4) is 11.8 Å². The molecule has 0 saturated carbocycles. The average molecular weight is 153 g/mol. The predicted molar refractivity (Wildman–Crippen MR) is 50.4 cm³/mol. The first-order chi connectivity index (χ1) is 5.35. The van der Waals surface area contributed by atoms with E-state index in [1.54, 1.807) is 0 Å². The maximum Gasteiger partial charge on any atom is 0.00891 e. The van der Waals surface area contributed by atoms with Gasteiger partial charge in [-0.15, -0.1) is 11.8 Å². The monoisotopic (exact) mass is 153 g/mol. The van der Waals surface area contributed by atoms with Crippen molar-refractivity contribution in [2.75, 3.05) is 7.05 Å². The van der Waals surface area contributed by atoms with Gasteiger partial charge in [-0.3, -0.25) is 0 Å². The molecule has 1 atom stereocenters. The maximum absolute atomic E-state index is 3.28. The molecule has 0 saturated heterocycles. The Morgan fingerprint density at radius 3 is 2.64 bits per heavy atom. The highest BCUT2D eigenvalue weighted by molar-refractivity contribution is 4.94. The van der Waals surface area contributed by atoms with Crippen molar-refractivity contribution < 1.29 is 0 Å². The molecule has 0 amide bonds. The van der Waals surface area contributed by atoms with Gasteiger partial charge in [0.1, 0.15) is 0 Å². The van der Waals surface area contributed by atoms with E-state index in [2.05, 4.69) is 24.1 Å². The van der Waals surface area contributed by atoms with Gasteiger partial charge in [-0.1, -0.05) is 6.92 Å². The second-order valence-corrected chi connectivity index (χ2v) is 2.71. The third-order valence-electron chi connectivity index (χ3n) is 1.93. The first-order valence-electron chi connectivity index (χ1n) is 4.42. The predicted octanol–water partition coefficient (Wildman–Crippen LogP) is 2.18. The smallest absolute Gasteiger partial charge is 0.00891 e. The Hall–Kier alpha value is -0.480. The van der Waals surface area contributed by atoms with Crippen molar-refractivity contribution in [2.24, 2.45) is 0 Å². The Balaban J connectivity index is 3.25. The zero-order chi connectivity index (χ0) is 8.53. The minimum Gasteiger partial charge on any atom is -0.317 e. The molecule has 11 heavy (non-hydrogen) atoms. The van der Waals surface area contributed by atoms with Gasteiger partial charge in [-0.2, -0.15) is 0 Å². The molecular formula is C10H19N. The van der Waals surface area contributed by atoms with E-state index in [1.165, 1.54) is 19.3 Å². The number of nitrogens with one attached hydrogen (secondary N) is 1. The van der Waals surface area contributed by atoms with E-state index >= 15 is 0 Å². The van der Waals surface area contributed by atoms with Gasteiger partial charge in [-0.05, 0) is 33.2 Å². The van der Waals surface area contributed by atoms with Gasteiger partial charge in [0.05, 0.1) is 0 Å². The molecule has 0 spiro atoms. The van der Waals surface area contributed by atoms with Crippen molar-refractivity contribution in [1.82, 2.24) is 5.32 Å². The SMILES string of the molecule is CC#CCCCC(CC)NC. The van der Waals surface area contributed by atoms with E-state index in [0.29, 0.717) is 6.04 Å². The van der Waals surface area contributed by atoms with Crippen LogP contribution in [-0.4, -0.2) is 13.1 Å². The van der Waals surface area contributed by atoms with Gasteiger partial charge in [0.2, 0.25) is 0 Å². The van der Waals surface area contributed by atoms with Crippen LogP contribution in [0.3, 0.4) is 0 Å². The molecule has 0 aromatic carbocycles. The summed E-state index contributed by atoms with van der Waals surface area (Å²) < 4.78 is 0. The summed E-state index contributed by atoms with van der Waals surface area (Å²) in [6.07, 6.45) is 4.74. The number of hydrogen-bond acceptors (Lipinski definition) is 1. The fourth-order valence-corrected chi connectivity index (χ4v) is 1.11. The largest absolute Gasteiger partial charge is 0.317 e. The van der Waals surface area contributed by atoms with Gasteiger partial charge in [0, 0.05) is 12.5 Å². The standard InChI is InChI=1S/C10H19N/c1-4-6-7-8-9-10(5-2)11-3/h10-11H,5,7-9H2,1-3H3. The number of hydrogen-bond donors (Lipinski definition) is 1. The summed E-state index contributed by atoms with van der Waals surface area (Å²) in [5.74, 6) is 5.98. The highest BCUT2D eigenvalue weighted by Gasteiger charge is 1.99. The van der Waals surface area contributed by atoms with Crippen LogP contribution in [-0.2, 0) is 0 Å². The van der Waals surface area contributed by atoms with Gasteiger partial charge in [-0.25, -0.2) is 0 Å². The second kappa shape index (κ2) is 7.63. The summed E-state index contributed by atoms with van der Waals surface area (Å²) in [5.41, 5.74) is 0. The van der Waals surface area contributed by atoms with Crippen molar-refractivity contribution >= 4 is 0 Å². The van der Waals surface area contributed by atoms with E-state index in [1.807, 2.05) is 14.0 Å².